The van der Waals surface area contributed by atoms with Crippen LogP contribution in [0, 0.1) is 0 Å². The van der Waals surface area contributed by atoms with E-state index in [0.29, 0.717) is 16.5 Å². The summed E-state index contributed by atoms with van der Waals surface area (Å²) < 4.78 is 1.35. The number of nitrogens with two attached hydrogens (primary N) is 1. The molecule has 1 unspecified atom stereocenters. The van der Waals surface area contributed by atoms with Gasteiger partial charge < -0.3 is 15.9 Å². The molecule has 0 radical (unpaired) electrons. The van der Waals surface area contributed by atoms with Gasteiger partial charge in [-0.15, -0.1) is 16.9 Å². The summed E-state index contributed by atoms with van der Waals surface area (Å²) in [7, 11) is 0. The van der Waals surface area contributed by atoms with Crippen molar-refractivity contribution >= 4 is 41.4 Å². The van der Waals surface area contributed by atoms with Crippen LogP contribution in [0.5, 0.6) is 0 Å². The summed E-state index contributed by atoms with van der Waals surface area (Å²) in [6.07, 6.45) is -0.126. The number of hydrogen-bond acceptors (Lipinski definition) is 9. The van der Waals surface area contributed by atoms with Crippen LogP contribution in [0.25, 0.3) is 0 Å². The molecule has 25 heavy (non-hydrogen) atoms. The van der Waals surface area contributed by atoms with Crippen molar-refractivity contribution in [2.45, 2.75) is 29.5 Å². The number of amides is 1. The highest BCUT2D eigenvalue weighted by atomic mass is 32.2. The fourth-order valence-electron chi connectivity index (χ4n) is 2.48. The second kappa shape index (κ2) is 7.01. The molecule has 134 valence electrons. The van der Waals surface area contributed by atoms with Gasteiger partial charge >= 0.3 is 11.9 Å². The maximum atomic E-state index is 11.9. The highest BCUT2D eigenvalue weighted by Crippen LogP contribution is 2.40. The number of aromatic nitrogens is 4. The first-order valence-electron chi connectivity index (χ1n) is 7.16. The van der Waals surface area contributed by atoms with Crippen molar-refractivity contribution in [3.05, 3.63) is 11.3 Å². The Morgan fingerprint density at radius 1 is 1.40 bits per heavy atom. The minimum atomic E-state index is -1.17. The van der Waals surface area contributed by atoms with Crippen LogP contribution in [0.2, 0.25) is 0 Å². The summed E-state index contributed by atoms with van der Waals surface area (Å²) in [6.45, 7) is 0.117. The van der Waals surface area contributed by atoms with E-state index in [9.17, 15) is 19.5 Å². The normalized spacial score (nSPS) is 22.6. The molecule has 2 aliphatic heterocycles. The minimum absolute atomic E-state index is 0.0347. The van der Waals surface area contributed by atoms with Gasteiger partial charge in [0.25, 0.3) is 0 Å². The molecule has 3 rings (SSSR count). The van der Waals surface area contributed by atoms with Crippen molar-refractivity contribution in [1.82, 2.24) is 25.1 Å². The largest absolute Gasteiger partial charge is 0.481 e. The Labute approximate surface area is 149 Å². The molecule has 3 heterocycles. The zero-order valence-electron chi connectivity index (χ0n) is 12.7. The molecule has 1 aromatic rings. The molecule has 1 saturated heterocycles. The predicted molar refractivity (Wildman–Crippen MR) is 86.5 cm³/mol. The van der Waals surface area contributed by atoms with Crippen LogP contribution in [0.1, 0.15) is 6.42 Å². The number of nitrogens with zero attached hydrogens (tertiary/aromatic N) is 5. The van der Waals surface area contributed by atoms with E-state index in [1.54, 1.807) is 0 Å². The number of carboxylic acid groups (broad SMARTS) is 2. The van der Waals surface area contributed by atoms with Crippen molar-refractivity contribution in [3.8, 4) is 0 Å². The van der Waals surface area contributed by atoms with Crippen LogP contribution < -0.4 is 5.73 Å². The number of hydrogen-bond donors (Lipinski definition) is 3. The first-order chi connectivity index (χ1) is 11.9. The summed E-state index contributed by atoms with van der Waals surface area (Å²) in [4.78, 5) is 35.3. The minimum Gasteiger partial charge on any atom is -0.481 e. The molecule has 11 nitrogen and oxygen atoms in total. The molecule has 1 amide bonds. The number of rotatable bonds is 7. The lowest BCUT2D eigenvalue weighted by Crippen LogP contribution is -2.68. The van der Waals surface area contributed by atoms with Gasteiger partial charge in [0.15, 0.2) is 0 Å². The van der Waals surface area contributed by atoms with E-state index in [-0.39, 0.29) is 29.8 Å². The Kier molecular flexibility index (Phi) is 4.96. The second-order valence-electron chi connectivity index (χ2n) is 5.31. The maximum absolute atomic E-state index is 11.9. The number of carboxylic acids is 2. The maximum Gasteiger partial charge on any atom is 0.352 e. The summed E-state index contributed by atoms with van der Waals surface area (Å²) in [5, 5.41) is 29.3. The van der Waals surface area contributed by atoms with Crippen LogP contribution in [0.3, 0.4) is 0 Å². The SMILES string of the molecule is NC1C(=O)N2C(C(=O)O)=C(CSc3nnnn3CCC(=O)O)CS[C@H]12. The smallest absolute Gasteiger partial charge is 0.352 e. The van der Waals surface area contributed by atoms with Gasteiger partial charge in [0.2, 0.25) is 11.1 Å². The lowest BCUT2D eigenvalue weighted by atomic mass is 10.0. The number of aliphatic carboxylic acids is 2. The highest BCUT2D eigenvalue weighted by molar-refractivity contribution is 8.01. The summed E-state index contributed by atoms with van der Waals surface area (Å²) in [6, 6.07) is -0.670. The number of aryl methyl sites for hydroxylation is 1. The van der Waals surface area contributed by atoms with Gasteiger partial charge in [-0.3, -0.25) is 14.5 Å². The summed E-state index contributed by atoms with van der Waals surface area (Å²) in [5.74, 6) is -1.83. The zero-order valence-corrected chi connectivity index (χ0v) is 14.4. The van der Waals surface area contributed by atoms with Gasteiger partial charge in [0.1, 0.15) is 17.1 Å². The lowest BCUT2D eigenvalue weighted by molar-refractivity contribution is -0.147. The van der Waals surface area contributed by atoms with Crippen molar-refractivity contribution in [2.75, 3.05) is 11.5 Å². The number of carbonyl (C=O) groups is 3. The number of tetrazole rings is 1. The number of fused-ring (bicyclic) bond motifs is 1. The fourth-order valence-corrected chi connectivity index (χ4v) is 4.82. The summed E-state index contributed by atoms with van der Waals surface area (Å²) >= 11 is 2.61. The van der Waals surface area contributed by atoms with E-state index < -0.39 is 23.9 Å². The topological polar surface area (TPSA) is 165 Å². The molecular weight excluding hydrogens is 372 g/mol. The molecule has 2 aliphatic rings. The van der Waals surface area contributed by atoms with Gasteiger partial charge in [0, 0.05) is 11.5 Å². The van der Waals surface area contributed by atoms with Gasteiger partial charge in [0.05, 0.1) is 13.0 Å². The van der Waals surface area contributed by atoms with Gasteiger partial charge in [-0.1, -0.05) is 11.8 Å². The molecular formula is C12H14N6O5S2. The molecule has 0 aliphatic carbocycles. The van der Waals surface area contributed by atoms with Crippen molar-refractivity contribution in [1.29, 1.82) is 0 Å². The molecule has 1 aromatic heterocycles. The fraction of sp³-hybridized carbons (Fsp3) is 0.500. The Balaban J connectivity index is 1.74. The quantitative estimate of drug-likeness (QED) is 0.381. The first kappa shape index (κ1) is 17.7. The molecule has 0 bridgehead atoms. The van der Waals surface area contributed by atoms with Crippen LogP contribution in [0.15, 0.2) is 16.4 Å². The Hall–Kier alpha value is -2.12. The van der Waals surface area contributed by atoms with Crippen LogP contribution in [0.4, 0.5) is 0 Å². The first-order valence-corrected chi connectivity index (χ1v) is 9.20. The number of thioether (sulfide) groups is 2. The molecule has 0 saturated carbocycles. The van der Waals surface area contributed by atoms with Crippen molar-refractivity contribution in [2.24, 2.45) is 5.73 Å². The Bertz CT molecular complexity index is 765. The van der Waals surface area contributed by atoms with E-state index in [1.165, 1.54) is 33.1 Å². The number of β-lactam (4-membered cyclic amide) rings is 1. The van der Waals surface area contributed by atoms with Gasteiger partial charge in [-0.25, -0.2) is 9.48 Å². The van der Waals surface area contributed by atoms with E-state index >= 15 is 0 Å². The molecule has 2 atom stereocenters. The van der Waals surface area contributed by atoms with Gasteiger partial charge in [-0.05, 0) is 16.0 Å². The average molecular weight is 386 g/mol. The predicted octanol–water partition coefficient (Wildman–Crippen LogP) is -1.18. The third-order valence-corrected chi connectivity index (χ3v) is 6.11. The van der Waals surface area contributed by atoms with E-state index in [1.807, 2.05) is 0 Å². The van der Waals surface area contributed by atoms with E-state index in [2.05, 4.69) is 15.5 Å². The Morgan fingerprint density at radius 3 is 2.84 bits per heavy atom. The van der Waals surface area contributed by atoms with Crippen LogP contribution in [-0.2, 0) is 20.9 Å². The number of carbonyl (C=O) groups excluding carboxylic acids is 1. The third kappa shape index (κ3) is 3.34. The lowest BCUT2D eigenvalue weighted by Gasteiger charge is -2.48. The zero-order chi connectivity index (χ0) is 18.1. The molecule has 4 N–H and O–H groups in total. The molecule has 1 fully saturated rings. The molecule has 0 aromatic carbocycles. The van der Waals surface area contributed by atoms with Crippen LogP contribution in [-0.4, -0.2) is 76.1 Å². The van der Waals surface area contributed by atoms with E-state index in [4.69, 9.17) is 10.8 Å². The monoisotopic (exact) mass is 386 g/mol. The molecule has 0 spiro atoms. The van der Waals surface area contributed by atoms with Gasteiger partial charge in [-0.2, -0.15) is 0 Å². The van der Waals surface area contributed by atoms with E-state index in [0.717, 1.165) is 0 Å². The highest BCUT2D eigenvalue weighted by Gasteiger charge is 2.51. The second-order valence-corrected chi connectivity index (χ2v) is 7.36. The van der Waals surface area contributed by atoms with Crippen molar-refractivity contribution in [3.63, 3.8) is 0 Å². The standard InChI is InChI=1S/C12H14N6O5S2/c13-7-9(21)18-8(11(22)23)5(3-24-10(7)18)4-25-12-14-15-16-17(12)2-1-6(19)20/h7,10H,1-4,13H2,(H,19,20)(H,22,23)/t7?,10-/m1/s1. The average Bonchev–Trinajstić information content (AvgIpc) is 3.03. The third-order valence-electron chi connectivity index (χ3n) is 3.70. The van der Waals surface area contributed by atoms with Crippen LogP contribution >= 0.6 is 23.5 Å². The summed E-state index contributed by atoms with van der Waals surface area (Å²) in [5.41, 5.74) is 6.24. The Morgan fingerprint density at radius 2 is 2.16 bits per heavy atom. The van der Waals surface area contributed by atoms with Crippen molar-refractivity contribution < 1.29 is 24.6 Å². The molecule has 13 heteroatoms.